The molecule has 0 radical (unpaired) electrons. The number of hydrogen-bond donors (Lipinski definition) is 0. The van der Waals surface area contributed by atoms with Crippen LogP contribution in [0.5, 0.6) is 5.75 Å². The molecule has 1 aromatic carbocycles. The van der Waals surface area contributed by atoms with Crippen molar-refractivity contribution in [2.75, 3.05) is 27.2 Å². The number of rotatable bonds is 7. The van der Waals surface area contributed by atoms with Crippen LogP contribution in [0.15, 0.2) is 18.2 Å². The zero-order chi connectivity index (χ0) is 13.4. The molecule has 0 aliphatic carbocycles. The highest BCUT2D eigenvalue weighted by Crippen LogP contribution is 2.21. The van der Waals surface area contributed by atoms with Crippen LogP contribution in [0.1, 0.15) is 24.5 Å². The molecule has 0 bridgehead atoms. The van der Waals surface area contributed by atoms with Gasteiger partial charge in [0.25, 0.3) is 0 Å². The SMILES string of the molecule is CCc1ccc(OC)c(CCN(C)CCC#N)c1. The van der Waals surface area contributed by atoms with E-state index >= 15 is 0 Å². The molecule has 0 saturated carbocycles. The smallest absolute Gasteiger partial charge is 0.122 e. The van der Waals surface area contributed by atoms with Crippen LogP contribution in [0.3, 0.4) is 0 Å². The Morgan fingerprint density at radius 2 is 2.11 bits per heavy atom. The van der Waals surface area contributed by atoms with Gasteiger partial charge < -0.3 is 9.64 Å². The molecule has 0 atom stereocenters. The second kappa shape index (κ2) is 7.73. The minimum Gasteiger partial charge on any atom is -0.496 e. The summed E-state index contributed by atoms with van der Waals surface area (Å²) in [5.74, 6) is 0.959. The highest BCUT2D eigenvalue weighted by Gasteiger charge is 2.05. The lowest BCUT2D eigenvalue weighted by Gasteiger charge is -2.16. The summed E-state index contributed by atoms with van der Waals surface area (Å²) in [7, 11) is 3.76. The van der Waals surface area contributed by atoms with Crippen molar-refractivity contribution in [3.05, 3.63) is 29.3 Å². The predicted molar refractivity (Wildman–Crippen MR) is 73.8 cm³/mol. The number of nitrogens with zero attached hydrogens (tertiary/aromatic N) is 2. The Morgan fingerprint density at radius 1 is 1.33 bits per heavy atom. The van der Waals surface area contributed by atoms with Gasteiger partial charge in [-0.2, -0.15) is 5.26 Å². The lowest BCUT2D eigenvalue weighted by atomic mass is 10.0. The van der Waals surface area contributed by atoms with Crippen LogP contribution >= 0.6 is 0 Å². The van der Waals surface area contributed by atoms with Gasteiger partial charge in [-0.05, 0) is 37.1 Å². The summed E-state index contributed by atoms with van der Waals surface area (Å²) in [6, 6.07) is 8.55. The average Bonchev–Trinajstić information content (AvgIpc) is 2.42. The molecule has 1 aromatic rings. The molecular formula is C15H22N2O. The Balaban J connectivity index is 2.62. The minimum atomic E-state index is 0.586. The monoisotopic (exact) mass is 246 g/mol. The largest absolute Gasteiger partial charge is 0.496 e. The lowest BCUT2D eigenvalue weighted by Crippen LogP contribution is -2.22. The van der Waals surface area contributed by atoms with Crippen molar-refractivity contribution in [3.8, 4) is 11.8 Å². The summed E-state index contributed by atoms with van der Waals surface area (Å²) in [5, 5.41) is 8.55. The highest BCUT2D eigenvalue weighted by atomic mass is 16.5. The van der Waals surface area contributed by atoms with Gasteiger partial charge in [0, 0.05) is 19.5 Å². The van der Waals surface area contributed by atoms with Crippen molar-refractivity contribution in [2.24, 2.45) is 0 Å². The minimum absolute atomic E-state index is 0.586. The fourth-order valence-corrected chi connectivity index (χ4v) is 1.91. The summed E-state index contributed by atoms with van der Waals surface area (Å²) in [4.78, 5) is 2.18. The number of methoxy groups -OCH3 is 1. The quantitative estimate of drug-likeness (QED) is 0.742. The third-order valence-corrected chi connectivity index (χ3v) is 3.12. The summed E-state index contributed by atoms with van der Waals surface area (Å²) in [6.07, 6.45) is 2.59. The molecule has 0 amide bonds. The van der Waals surface area contributed by atoms with Gasteiger partial charge >= 0.3 is 0 Å². The van der Waals surface area contributed by atoms with Crippen molar-refractivity contribution < 1.29 is 4.74 Å². The van der Waals surface area contributed by atoms with Gasteiger partial charge in [-0.3, -0.25) is 0 Å². The fourth-order valence-electron chi connectivity index (χ4n) is 1.91. The lowest BCUT2D eigenvalue weighted by molar-refractivity contribution is 0.342. The molecule has 0 aliphatic rings. The maximum absolute atomic E-state index is 8.55. The maximum atomic E-state index is 8.55. The third-order valence-electron chi connectivity index (χ3n) is 3.12. The van der Waals surface area contributed by atoms with E-state index in [1.54, 1.807) is 7.11 Å². The van der Waals surface area contributed by atoms with E-state index in [9.17, 15) is 0 Å². The Bertz CT molecular complexity index is 409. The van der Waals surface area contributed by atoms with Crippen LogP contribution in [0.2, 0.25) is 0 Å². The molecule has 0 saturated heterocycles. The van der Waals surface area contributed by atoms with Crippen LogP contribution in [0.25, 0.3) is 0 Å². The Kier molecular flexibility index (Phi) is 6.24. The number of hydrogen-bond acceptors (Lipinski definition) is 3. The molecule has 0 unspecified atom stereocenters. The Morgan fingerprint density at radius 3 is 2.72 bits per heavy atom. The molecule has 1 rings (SSSR count). The fraction of sp³-hybridized carbons (Fsp3) is 0.533. The molecule has 0 aliphatic heterocycles. The van der Waals surface area contributed by atoms with E-state index in [0.29, 0.717) is 6.42 Å². The second-order valence-electron chi connectivity index (χ2n) is 4.46. The van der Waals surface area contributed by atoms with Gasteiger partial charge in [-0.1, -0.05) is 19.1 Å². The Labute approximate surface area is 110 Å². The molecule has 98 valence electrons. The second-order valence-corrected chi connectivity index (χ2v) is 4.46. The maximum Gasteiger partial charge on any atom is 0.122 e. The molecule has 0 fully saturated rings. The Hall–Kier alpha value is -1.53. The van der Waals surface area contributed by atoms with Gasteiger partial charge in [0.05, 0.1) is 13.2 Å². The molecule has 3 heteroatoms. The van der Waals surface area contributed by atoms with Gasteiger partial charge in [-0.15, -0.1) is 0 Å². The van der Waals surface area contributed by atoms with Crippen LogP contribution < -0.4 is 4.74 Å². The summed E-state index contributed by atoms with van der Waals surface area (Å²) < 4.78 is 5.39. The molecular weight excluding hydrogens is 224 g/mol. The number of ether oxygens (including phenoxy) is 1. The van der Waals surface area contributed by atoms with E-state index in [1.165, 1.54) is 11.1 Å². The molecule has 3 nitrogen and oxygen atoms in total. The number of nitriles is 1. The first kappa shape index (κ1) is 14.5. The molecule has 0 spiro atoms. The van der Waals surface area contributed by atoms with Crippen molar-refractivity contribution in [3.63, 3.8) is 0 Å². The molecule has 18 heavy (non-hydrogen) atoms. The van der Waals surface area contributed by atoms with Crippen molar-refractivity contribution in [2.45, 2.75) is 26.2 Å². The number of likely N-dealkylation sites (N-methyl/N-ethyl adjacent to an activating group) is 1. The van der Waals surface area contributed by atoms with Gasteiger partial charge in [0.15, 0.2) is 0 Å². The van der Waals surface area contributed by atoms with Crippen molar-refractivity contribution in [1.82, 2.24) is 4.90 Å². The van der Waals surface area contributed by atoms with Gasteiger partial charge in [0.2, 0.25) is 0 Å². The molecule has 0 aromatic heterocycles. The van der Waals surface area contributed by atoms with E-state index in [0.717, 1.165) is 31.7 Å². The normalized spacial score (nSPS) is 10.4. The topological polar surface area (TPSA) is 36.3 Å². The van der Waals surface area contributed by atoms with Crippen LogP contribution in [-0.4, -0.2) is 32.1 Å². The standard InChI is InChI=1S/C15H22N2O/c1-4-13-6-7-15(18-3)14(12-13)8-11-17(2)10-5-9-16/h6-7,12H,4-5,8,10-11H2,1-3H3. The number of benzene rings is 1. The van der Waals surface area contributed by atoms with Crippen molar-refractivity contribution in [1.29, 1.82) is 5.26 Å². The van der Waals surface area contributed by atoms with Crippen LogP contribution in [0.4, 0.5) is 0 Å². The van der Waals surface area contributed by atoms with Gasteiger partial charge in [0.1, 0.15) is 5.75 Å². The third kappa shape index (κ3) is 4.38. The first-order valence-electron chi connectivity index (χ1n) is 6.42. The summed E-state index contributed by atoms with van der Waals surface area (Å²) >= 11 is 0. The highest BCUT2D eigenvalue weighted by molar-refractivity contribution is 5.37. The summed E-state index contributed by atoms with van der Waals surface area (Å²) in [5.41, 5.74) is 2.59. The van der Waals surface area contributed by atoms with E-state index in [4.69, 9.17) is 10.00 Å². The van der Waals surface area contributed by atoms with E-state index in [1.807, 2.05) is 13.1 Å². The van der Waals surface area contributed by atoms with E-state index in [2.05, 4.69) is 30.0 Å². The molecule has 0 N–H and O–H groups in total. The molecule has 0 heterocycles. The van der Waals surface area contributed by atoms with E-state index < -0.39 is 0 Å². The zero-order valence-electron chi connectivity index (χ0n) is 11.6. The first-order valence-corrected chi connectivity index (χ1v) is 6.42. The zero-order valence-corrected chi connectivity index (χ0v) is 11.6. The average molecular weight is 246 g/mol. The number of aryl methyl sites for hydroxylation is 1. The van der Waals surface area contributed by atoms with Crippen LogP contribution in [-0.2, 0) is 12.8 Å². The van der Waals surface area contributed by atoms with Crippen LogP contribution in [0, 0.1) is 11.3 Å². The predicted octanol–water partition coefficient (Wildman–Crippen LogP) is 2.65. The van der Waals surface area contributed by atoms with Gasteiger partial charge in [-0.25, -0.2) is 0 Å². The first-order chi connectivity index (χ1) is 8.71. The summed E-state index contributed by atoms with van der Waals surface area (Å²) in [6.45, 7) is 3.93. The van der Waals surface area contributed by atoms with Crippen molar-refractivity contribution >= 4 is 0 Å². The van der Waals surface area contributed by atoms with E-state index in [-0.39, 0.29) is 0 Å².